The predicted molar refractivity (Wildman–Crippen MR) is 84.0 cm³/mol. The fourth-order valence-corrected chi connectivity index (χ4v) is 2.76. The van der Waals surface area contributed by atoms with Crippen molar-refractivity contribution in [3.8, 4) is 0 Å². The molecule has 0 aromatic carbocycles. The van der Waals surface area contributed by atoms with Crippen molar-refractivity contribution in [2.75, 3.05) is 24.5 Å². The van der Waals surface area contributed by atoms with E-state index in [4.69, 9.17) is 11.6 Å². The third-order valence-electron chi connectivity index (χ3n) is 3.69. The van der Waals surface area contributed by atoms with Crippen LogP contribution in [-0.2, 0) is 0 Å². The van der Waals surface area contributed by atoms with E-state index in [1.165, 1.54) is 12.3 Å². The van der Waals surface area contributed by atoms with Crippen molar-refractivity contribution in [1.29, 1.82) is 0 Å². The third-order valence-corrected chi connectivity index (χ3v) is 3.90. The second kappa shape index (κ2) is 7.56. The molecule has 1 saturated heterocycles. The maximum absolute atomic E-state index is 11.3. The van der Waals surface area contributed by atoms with Gasteiger partial charge in [0.25, 0.3) is 0 Å². The summed E-state index contributed by atoms with van der Waals surface area (Å²) in [6.07, 6.45) is 5.75. The van der Waals surface area contributed by atoms with Gasteiger partial charge in [0.15, 0.2) is 0 Å². The number of pyridine rings is 1. The van der Waals surface area contributed by atoms with Crippen LogP contribution >= 0.6 is 11.6 Å². The Morgan fingerprint density at radius 1 is 1.62 bits per heavy atom. The first-order chi connectivity index (χ1) is 10.1. The van der Waals surface area contributed by atoms with Crippen molar-refractivity contribution >= 4 is 23.1 Å². The zero-order chi connectivity index (χ0) is 15.2. The number of hydrogen-bond acceptors (Lipinski definition) is 5. The first kappa shape index (κ1) is 16.0. The summed E-state index contributed by atoms with van der Waals surface area (Å²) in [6.45, 7) is 4.64. The first-order valence-corrected chi connectivity index (χ1v) is 7.78. The lowest BCUT2D eigenvalue weighted by molar-refractivity contribution is -0.384. The van der Waals surface area contributed by atoms with E-state index in [1.807, 2.05) is 4.90 Å². The zero-order valence-corrected chi connectivity index (χ0v) is 13.0. The van der Waals surface area contributed by atoms with Crippen LogP contribution in [0.5, 0.6) is 0 Å². The van der Waals surface area contributed by atoms with Gasteiger partial charge in [0, 0.05) is 31.4 Å². The molecular formula is C14H21ClN4O2. The number of rotatable bonds is 7. The van der Waals surface area contributed by atoms with Crippen LogP contribution in [0.25, 0.3) is 0 Å². The van der Waals surface area contributed by atoms with Crippen LogP contribution in [0, 0.1) is 10.1 Å². The second-order valence-corrected chi connectivity index (χ2v) is 5.78. The quantitative estimate of drug-likeness (QED) is 0.619. The highest BCUT2D eigenvalue weighted by atomic mass is 35.5. The second-order valence-electron chi connectivity index (χ2n) is 5.35. The van der Waals surface area contributed by atoms with Gasteiger partial charge in [-0.3, -0.25) is 10.1 Å². The maximum Gasteiger partial charge on any atom is 0.313 e. The van der Waals surface area contributed by atoms with Gasteiger partial charge in [-0.2, -0.15) is 0 Å². The van der Waals surface area contributed by atoms with Crippen LogP contribution in [0.3, 0.4) is 0 Å². The molecule has 0 aliphatic carbocycles. The molecule has 6 nitrogen and oxygen atoms in total. The largest absolute Gasteiger partial charge is 0.349 e. The van der Waals surface area contributed by atoms with E-state index in [-0.39, 0.29) is 5.69 Å². The molecule has 2 heterocycles. The Morgan fingerprint density at radius 3 is 3.05 bits per heavy atom. The predicted octanol–water partition coefficient (Wildman–Crippen LogP) is 3.00. The molecular weight excluding hydrogens is 292 g/mol. The Kier molecular flexibility index (Phi) is 5.76. The molecule has 1 N–H and O–H groups in total. The van der Waals surface area contributed by atoms with Gasteiger partial charge in [0.2, 0.25) is 5.82 Å². The van der Waals surface area contributed by atoms with Crippen molar-refractivity contribution < 1.29 is 4.92 Å². The molecule has 1 aliphatic rings. The van der Waals surface area contributed by atoms with Crippen molar-refractivity contribution in [3.63, 3.8) is 0 Å². The molecule has 1 aromatic rings. The Balaban J connectivity index is 2.23. The van der Waals surface area contributed by atoms with E-state index in [2.05, 4.69) is 17.2 Å². The number of nitrogens with one attached hydrogen (secondary N) is 1. The molecule has 7 heteroatoms. The molecule has 1 unspecified atom stereocenters. The molecule has 0 amide bonds. The summed E-state index contributed by atoms with van der Waals surface area (Å²) in [7, 11) is 0. The van der Waals surface area contributed by atoms with Gasteiger partial charge in [-0.1, -0.05) is 24.9 Å². The standard InChI is InChI=1S/C14H21ClN4O2/c1-2-3-7-18(10-12-5-4-6-16-12)14-13(19(20)21)8-11(15)9-17-14/h8-9,12,16H,2-7,10H2,1H3. The third kappa shape index (κ3) is 4.28. The summed E-state index contributed by atoms with van der Waals surface area (Å²) in [6, 6.07) is 1.75. The molecule has 116 valence electrons. The van der Waals surface area contributed by atoms with Crippen LogP contribution in [0.1, 0.15) is 32.6 Å². The summed E-state index contributed by atoms with van der Waals surface area (Å²) >= 11 is 5.84. The molecule has 0 spiro atoms. The van der Waals surface area contributed by atoms with E-state index < -0.39 is 4.92 Å². The minimum atomic E-state index is -0.408. The number of nitrogens with zero attached hydrogens (tertiary/aromatic N) is 3. The van der Waals surface area contributed by atoms with E-state index >= 15 is 0 Å². The van der Waals surface area contributed by atoms with Gasteiger partial charge in [0.05, 0.1) is 9.95 Å². The molecule has 0 radical (unpaired) electrons. The van der Waals surface area contributed by atoms with E-state index in [0.717, 1.165) is 45.3 Å². The van der Waals surface area contributed by atoms with Crippen molar-refractivity contribution in [2.45, 2.75) is 38.6 Å². The van der Waals surface area contributed by atoms with E-state index in [1.54, 1.807) is 0 Å². The van der Waals surface area contributed by atoms with Gasteiger partial charge in [0.1, 0.15) is 0 Å². The van der Waals surface area contributed by atoms with Gasteiger partial charge in [-0.15, -0.1) is 0 Å². The Bertz CT molecular complexity index is 492. The number of nitro groups is 1. The summed E-state index contributed by atoms with van der Waals surface area (Å²) in [5.74, 6) is 0.423. The monoisotopic (exact) mass is 312 g/mol. The molecule has 1 atom stereocenters. The van der Waals surface area contributed by atoms with Crippen molar-refractivity contribution in [1.82, 2.24) is 10.3 Å². The zero-order valence-electron chi connectivity index (χ0n) is 12.2. The molecule has 0 saturated carbocycles. The summed E-state index contributed by atoms with van der Waals surface area (Å²) in [5.41, 5.74) is -0.0170. The van der Waals surface area contributed by atoms with E-state index in [0.29, 0.717) is 16.9 Å². The highest BCUT2D eigenvalue weighted by Crippen LogP contribution is 2.29. The molecule has 1 aromatic heterocycles. The lowest BCUT2D eigenvalue weighted by Crippen LogP contribution is -2.38. The fraction of sp³-hybridized carbons (Fsp3) is 0.643. The van der Waals surface area contributed by atoms with Gasteiger partial charge >= 0.3 is 5.69 Å². The number of unbranched alkanes of at least 4 members (excludes halogenated alkanes) is 1. The first-order valence-electron chi connectivity index (χ1n) is 7.40. The minimum absolute atomic E-state index is 0.0170. The molecule has 2 rings (SSSR count). The van der Waals surface area contributed by atoms with Crippen molar-refractivity contribution in [3.05, 3.63) is 27.4 Å². The van der Waals surface area contributed by atoms with Crippen LogP contribution in [-0.4, -0.2) is 35.6 Å². The SMILES string of the molecule is CCCCN(CC1CCCN1)c1ncc(Cl)cc1[N+](=O)[O-]. The normalized spacial score (nSPS) is 17.9. The van der Waals surface area contributed by atoms with Crippen LogP contribution in [0.2, 0.25) is 5.02 Å². The lowest BCUT2D eigenvalue weighted by Gasteiger charge is -2.26. The fourth-order valence-electron chi connectivity index (χ4n) is 2.61. The minimum Gasteiger partial charge on any atom is -0.349 e. The molecule has 1 aliphatic heterocycles. The summed E-state index contributed by atoms with van der Waals surface area (Å²) in [4.78, 5) is 17.1. The van der Waals surface area contributed by atoms with Crippen LogP contribution in [0.4, 0.5) is 11.5 Å². The van der Waals surface area contributed by atoms with Crippen molar-refractivity contribution in [2.24, 2.45) is 0 Å². The molecule has 0 bridgehead atoms. The lowest BCUT2D eigenvalue weighted by atomic mass is 10.2. The Hall–Kier alpha value is -1.40. The highest BCUT2D eigenvalue weighted by molar-refractivity contribution is 6.30. The topological polar surface area (TPSA) is 71.3 Å². The number of aromatic nitrogens is 1. The van der Waals surface area contributed by atoms with Gasteiger partial charge < -0.3 is 10.2 Å². The number of halogens is 1. The number of anilines is 1. The Morgan fingerprint density at radius 2 is 2.43 bits per heavy atom. The van der Waals surface area contributed by atoms with E-state index in [9.17, 15) is 10.1 Å². The van der Waals surface area contributed by atoms with Crippen LogP contribution < -0.4 is 10.2 Å². The average molecular weight is 313 g/mol. The maximum atomic E-state index is 11.3. The highest BCUT2D eigenvalue weighted by Gasteiger charge is 2.25. The smallest absolute Gasteiger partial charge is 0.313 e. The summed E-state index contributed by atoms with van der Waals surface area (Å²) in [5, 5.41) is 15.0. The molecule has 1 fully saturated rings. The average Bonchev–Trinajstić information content (AvgIpc) is 2.96. The van der Waals surface area contributed by atoms with Gasteiger partial charge in [-0.25, -0.2) is 4.98 Å². The van der Waals surface area contributed by atoms with Crippen LogP contribution in [0.15, 0.2) is 12.3 Å². The summed E-state index contributed by atoms with van der Waals surface area (Å²) < 4.78 is 0. The van der Waals surface area contributed by atoms with Gasteiger partial charge in [-0.05, 0) is 25.8 Å². The number of hydrogen-bond donors (Lipinski definition) is 1. The molecule has 21 heavy (non-hydrogen) atoms. The Labute approximate surface area is 129 Å².